The molecular weight excluding hydrogens is 352 g/mol. The summed E-state index contributed by atoms with van der Waals surface area (Å²) in [6, 6.07) is 14.9. The Morgan fingerprint density at radius 2 is 2.00 bits per heavy atom. The number of likely N-dealkylation sites (tertiary alicyclic amines) is 1. The van der Waals surface area contributed by atoms with Crippen molar-refractivity contribution >= 4 is 11.7 Å². The van der Waals surface area contributed by atoms with E-state index in [-0.39, 0.29) is 17.6 Å². The van der Waals surface area contributed by atoms with Crippen LogP contribution in [0.15, 0.2) is 67.1 Å². The van der Waals surface area contributed by atoms with Gasteiger partial charge in [0.2, 0.25) is 0 Å². The number of nitrogens with zero attached hydrogens (tertiary/aromatic N) is 4. The monoisotopic (exact) mass is 374 g/mol. The molecule has 2 aromatic heterocycles. The van der Waals surface area contributed by atoms with Crippen LogP contribution in [0.3, 0.4) is 0 Å². The van der Waals surface area contributed by atoms with E-state index in [1.54, 1.807) is 29.4 Å². The average molecular weight is 374 g/mol. The smallest absolute Gasteiger partial charge is 0.253 e. The number of pyridine rings is 1. The third kappa shape index (κ3) is 4.01. The van der Waals surface area contributed by atoms with Gasteiger partial charge in [-0.15, -0.1) is 0 Å². The van der Waals surface area contributed by atoms with Crippen molar-refractivity contribution in [2.24, 2.45) is 5.92 Å². The summed E-state index contributed by atoms with van der Waals surface area (Å²) < 4.78 is 1.83. The Morgan fingerprint density at radius 1 is 1.07 bits per heavy atom. The second-order valence-electron chi connectivity index (χ2n) is 7.07. The van der Waals surface area contributed by atoms with E-state index in [1.807, 2.05) is 47.3 Å². The van der Waals surface area contributed by atoms with Crippen LogP contribution in [-0.4, -0.2) is 44.4 Å². The molecule has 1 aliphatic rings. The summed E-state index contributed by atoms with van der Waals surface area (Å²) in [5.41, 5.74) is 2.14. The lowest BCUT2D eigenvalue weighted by Gasteiger charge is -2.32. The van der Waals surface area contributed by atoms with Crippen LogP contribution < -0.4 is 0 Å². The number of carbonyl (C=O) groups is 2. The number of carbonyl (C=O) groups excluding carboxylic acids is 2. The Hall–Kier alpha value is -3.28. The summed E-state index contributed by atoms with van der Waals surface area (Å²) >= 11 is 0. The predicted octanol–water partition coefficient (Wildman–Crippen LogP) is 3.06. The molecule has 1 saturated heterocycles. The van der Waals surface area contributed by atoms with E-state index >= 15 is 0 Å². The SMILES string of the molecule is O=C(c1ccccn1)C1CCCN(C(=O)c2cccc(Cn3cccn3)c2)C1. The minimum atomic E-state index is -0.195. The van der Waals surface area contributed by atoms with E-state index in [4.69, 9.17) is 0 Å². The number of ketones is 1. The maximum absolute atomic E-state index is 13.0. The van der Waals surface area contributed by atoms with Crippen molar-refractivity contribution in [2.45, 2.75) is 19.4 Å². The Labute approximate surface area is 163 Å². The number of aromatic nitrogens is 3. The van der Waals surface area contributed by atoms with Gasteiger partial charge in [0.05, 0.1) is 6.54 Å². The molecule has 6 nitrogen and oxygen atoms in total. The lowest BCUT2D eigenvalue weighted by atomic mass is 9.91. The first-order valence-corrected chi connectivity index (χ1v) is 9.51. The van der Waals surface area contributed by atoms with Crippen molar-refractivity contribution < 1.29 is 9.59 Å². The molecule has 142 valence electrons. The highest BCUT2D eigenvalue weighted by molar-refractivity contribution is 5.98. The lowest BCUT2D eigenvalue weighted by Crippen LogP contribution is -2.42. The van der Waals surface area contributed by atoms with Gasteiger partial charge in [0.25, 0.3) is 5.91 Å². The molecule has 0 N–H and O–H groups in total. The minimum Gasteiger partial charge on any atom is -0.338 e. The van der Waals surface area contributed by atoms with Crippen molar-refractivity contribution in [2.75, 3.05) is 13.1 Å². The number of rotatable bonds is 5. The molecule has 0 bridgehead atoms. The van der Waals surface area contributed by atoms with E-state index in [0.29, 0.717) is 30.9 Å². The van der Waals surface area contributed by atoms with Gasteiger partial charge in [-0.1, -0.05) is 18.2 Å². The second-order valence-corrected chi connectivity index (χ2v) is 7.07. The molecule has 3 aromatic rings. The van der Waals surface area contributed by atoms with Crippen molar-refractivity contribution in [3.8, 4) is 0 Å². The van der Waals surface area contributed by atoms with Gasteiger partial charge >= 0.3 is 0 Å². The third-order valence-electron chi connectivity index (χ3n) is 5.07. The Bertz CT molecular complexity index is 954. The standard InChI is InChI=1S/C22H22N4O2/c27-21(20-9-1-2-10-23-20)19-8-4-12-25(16-19)22(28)18-7-3-6-17(14-18)15-26-13-5-11-24-26/h1-3,5-7,9-11,13-14,19H,4,8,12,15-16H2. The van der Waals surface area contributed by atoms with Crippen LogP contribution in [0.5, 0.6) is 0 Å². The molecule has 1 fully saturated rings. The quantitative estimate of drug-likeness (QED) is 0.644. The maximum Gasteiger partial charge on any atom is 0.253 e. The Balaban J connectivity index is 1.46. The van der Waals surface area contributed by atoms with Gasteiger partial charge in [0, 0.05) is 43.2 Å². The third-order valence-corrected chi connectivity index (χ3v) is 5.07. The molecule has 3 heterocycles. The molecule has 0 saturated carbocycles. The van der Waals surface area contributed by atoms with E-state index in [1.165, 1.54) is 0 Å². The number of piperidine rings is 1. The molecule has 1 aromatic carbocycles. The highest BCUT2D eigenvalue weighted by Crippen LogP contribution is 2.22. The molecular formula is C22H22N4O2. The summed E-state index contributed by atoms with van der Waals surface area (Å²) in [5, 5.41) is 4.21. The van der Waals surface area contributed by atoms with Crippen molar-refractivity contribution in [1.82, 2.24) is 19.7 Å². The van der Waals surface area contributed by atoms with Gasteiger partial charge in [-0.3, -0.25) is 19.3 Å². The van der Waals surface area contributed by atoms with Crippen LogP contribution in [0.25, 0.3) is 0 Å². The maximum atomic E-state index is 13.0. The minimum absolute atomic E-state index is 0.0190. The van der Waals surface area contributed by atoms with Gasteiger partial charge in [-0.05, 0) is 48.7 Å². The van der Waals surface area contributed by atoms with Crippen molar-refractivity contribution in [1.29, 1.82) is 0 Å². The van der Waals surface area contributed by atoms with Crippen molar-refractivity contribution in [3.05, 3.63) is 83.9 Å². The van der Waals surface area contributed by atoms with Crippen LogP contribution in [0.1, 0.15) is 39.3 Å². The fraction of sp³-hybridized carbons (Fsp3) is 0.273. The number of hydrogen-bond donors (Lipinski definition) is 0. The van der Waals surface area contributed by atoms with Crippen LogP contribution in [0.2, 0.25) is 0 Å². The summed E-state index contributed by atoms with van der Waals surface area (Å²) in [7, 11) is 0. The number of Topliss-reactive ketones (excluding diaryl/α,β-unsaturated/α-hetero) is 1. The second kappa shape index (κ2) is 8.17. The highest BCUT2D eigenvalue weighted by Gasteiger charge is 2.30. The zero-order valence-electron chi connectivity index (χ0n) is 15.6. The van der Waals surface area contributed by atoms with Crippen LogP contribution in [0, 0.1) is 5.92 Å². The van der Waals surface area contributed by atoms with Gasteiger partial charge in [0.15, 0.2) is 5.78 Å². The molecule has 1 aliphatic heterocycles. The largest absolute Gasteiger partial charge is 0.338 e. The molecule has 6 heteroatoms. The first-order valence-electron chi connectivity index (χ1n) is 9.51. The molecule has 4 rings (SSSR count). The number of amides is 1. The average Bonchev–Trinajstić information content (AvgIpc) is 3.26. The first kappa shape index (κ1) is 18.1. The fourth-order valence-corrected chi connectivity index (χ4v) is 3.66. The highest BCUT2D eigenvalue weighted by atomic mass is 16.2. The molecule has 1 atom stereocenters. The Kier molecular flexibility index (Phi) is 5.28. The summed E-state index contributed by atoms with van der Waals surface area (Å²) in [4.78, 5) is 31.7. The fourth-order valence-electron chi connectivity index (χ4n) is 3.66. The Morgan fingerprint density at radius 3 is 2.79 bits per heavy atom. The number of hydrogen-bond acceptors (Lipinski definition) is 4. The van der Waals surface area contributed by atoms with Gasteiger partial charge in [-0.25, -0.2) is 0 Å². The molecule has 0 spiro atoms. The van der Waals surface area contributed by atoms with E-state index in [2.05, 4.69) is 10.1 Å². The molecule has 0 radical (unpaired) electrons. The topological polar surface area (TPSA) is 68.1 Å². The van der Waals surface area contributed by atoms with Gasteiger partial charge < -0.3 is 4.90 Å². The molecule has 1 amide bonds. The summed E-state index contributed by atoms with van der Waals surface area (Å²) in [5.74, 6) is -0.203. The van der Waals surface area contributed by atoms with E-state index < -0.39 is 0 Å². The predicted molar refractivity (Wildman–Crippen MR) is 105 cm³/mol. The van der Waals surface area contributed by atoms with Gasteiger partial charge in [-0.2, -0.15) is 5.10 Å². The number of benzene rings is 1. The summed E-state index contributed by atoms with van der Waals surface area (Å²) in [6.07, 6.45) is 6.87. The molecule has 0 aliphatic carbocycles. The first-order chi connectivity index (χ1) is 13.7. The van der Waals surface area contributed by atoms with E-state index in [0.717, 1.165) is 18.4 Å². The zero-order valence-corrected chi connectivity index (χ0v) is 15.6. The van der Waals surface area contributed by atoms with Crippen LogP contribution in [0.4, 0.5) is 0 Å². The van der Waals surface area contributed by atoms with Crippen LogP contribution >= 0.6 is 0 Å². The zero-order chi connectivity index (χ0) is 19.3. The molecule has 28 heavy (non-hydrogen) atoms. The van der Waals surface area contributed by atoms with Crippen LogP contribution in [-0.2, 0) is 6.54 Å². The lowest BCUT2D eigenvalue weighted by molar-refractivity contribution is 0.0635. The summed E-state index contributed by atoms with van der Waals surface area (Å²) in [6.45, 7) is 1.74. The van der Waals surface area contributed by atoms with E-state index in [9.17, 15) is 9.59 Å². The normalized spacial score (nSPS) is 16.7. The van der Waals surface area contributed by atoms with Crippen molar-refractivity contribution in [3.63, 3.8) is 0 Å². The van der Waals surface area contributed by atoms with Gasteiger partial charge in [0.1, 0.15) is 5.69 Å². The molecule has 1 unspecified atom stereocenters.